The van der Waals surface area contributed by atoms with Crippen LogP contribution in [-0.2, 0) is 4.84 Å². The fourth-order valence-corrected chi connectivity index (χ4v) is 1.03. The van der Waals surface area contributed by atoms with Crippen LogP contribution in [0.25, 0.3) is 0 Å². The molecule has 0 aliphatic heterocycles. The van der Waals surface area contributed by atoms with Gasteiger partial charge in [-0.05, 0) is 18.9 Å². The summed E-state index contributed by atoms with van der Waals surface area (Å²) in [5, 5.41) is 3.79. The summed E-state index contributed by atoms with van der Waals surface area (Å²) in [5.74, 6) is 0. The molecular formula is C12H16NO. The molecule has 14 heavy (non-hydrogen) atoms. The maximum atomic E-state index is 5.05. The average Bonchev–Trinajstić information content (AvgIpc) is 2.20. The molecule has 0 atom stereocenters. The molecular weight excluding hydrogens is 174 g/mol. The quantitative estimate of drug-likeness (QED) is 0.397. The molecule has 1 aromatic rings. The highest BCUT2D eigenvalue weighted by atomic mass is 16.6. The fourth-order valence-electron chi connectivity index (χ4n) is 1.03. The van der Waals surface area contributed by atoms with E-state index in [1.54, 1.807) is 0 Å². The number of hydrogen-bond donors (Lipinski definition) is 0. The van der Waals surface area contributed by atoms with Gasteiger partial charge in [-0.25, -0.2) is 0 Å². The van der Waals surface area contributed by atoms with E-state index in [1.807, 2.05) is 31.2 Å². The van der Waals surface area contributed by atoms with Crippen LogP contribution in [0.1, 0.15) is 30.9 Å². The second-order valence-electron chi connectivity index (χ2n) is 3.20. The van der Waals surface area contributed by atoms with Gasteiger partial charge in [-0.1, -0.05) is 42.8 Å². The lowest BCUT2D eigenvalue weighted by atomic mass is 10.1. The number of hydrogen-bond acceptors (Lipinski definition) is 2. The largest absolute Gasteiger partial charge is 0.395 e. The second-order valence-corrected chi connectivity index (χ2v) is 3.20. The topological polar surface area (TPSA) is 21.6 Å². The smallest absolute Gasteiger partial charge is 0.139 e. The van der Waals surface area contributed by atoms with E-state index in [0.717, 1.165) is 24.0 Å². The van der Waals surface area contributed by atoms with Gasteiger partial charge in [0.2, 0.25) is 0 Å². The SMILES string of the molecule is CCCCON=[C]c1ccccc1C. The van der Waals surface area contributed by atoms with Crippen LogP contribution < -0.4 is 0 Å². The van der Waals surface area contributed by atoms with Gasteiger partial charge in [0.1, 0.15) is 12.8 Å². The van der Waals surface area contributed by atoms with Crippen molar-refractivity contribution < 1.29 is 4.84 Å². The van der Waals surface area contributed by atoms with Crippen LogP contribution in [0.2, 0.25) is 0 Å². The first-order valence-electron chi connectivity index (χ1n) is 4.98. The van der Waals surface area contributed by atoms with E-state index in [-0.39, 0.29) is 0 Å². The van der Waals surface area contributed by atoms with Crippen LogP contribution >= 0.6 is 0 Å². The number of rotatable bonds is 5. The van der Waals surface area contributed by atoms with Crippen LogP contribution in [0.15, 0.2) is 29.4 Å². The van der Waals surface area contributed by atoms with Gasteiger partial charge in [-0.15, -0.1) is 0 Å². The summed E-state index contributed by atoms with van der Waals surface area (Å²) < 4.78 is 0. The fraction of sp³-hybridized carbons (Fsp3) is 0.417. The highest BCUT2D eigenvalue weighted by Crippen LogP contribution is 2.03. The lowest BCUT2D eigenvalue weighted by Gasteiger charge is -1.97. The van der Waals surface area contributed by atoms with E-state index >= 15 is 0 Å². The average molecular weight is 190 g/mol. The van der Waals surface area contributed by atoms with Crippen molar-refractivity contribution in [1.82, 2.24) is 0 Å². The summed E-state index contributed by atoms with van der Waals surface area (Å²) in [6.45, 7) is 4.83. The molecule has 0 N–H and O–H groups in total. The van der Waals surface area contributed by atoms with Crippen LogP contribution in [-0.4, -0.2) is 12.8 Å². The third kappa shape index (κ3) is 3.60. The molecule has 2 heteroatoms. The minimum Gasteiger partial charge on any atom is -0.395 e. The van der Waals surface area contributed by atoms with Gasteiger partial charge in [-0.2, -0.15) is 0 Å². The molecule has 0 amide bonds. The first-order valence-corrected chi connectivity index (χ1v) is 4.98. The van der Waals surface area contributed by atoms with Gasteiger partial charge < -0.3 is 4.84 Å². The van der Waals surface area contributed by atoms with E-state index in [9.17, 15) is 0 Å². The summed E-state index contributed by atoms with van der Waals surface area (Å²) in [5.41, 5.74) is 2.15. The number of nitrogens with zero attached hydrogens (tertiary/aromatic N) is 1. The standard InChI is InChI=1S/C12H16NO/c1-3-4-9-14-13-10-12-8-6-5-7-11(12)2/h5-8H,3-4,9H2,1-2H3. The van der Waals surface area contributed by atoms with Crippen molar-refractivity contribution in [2.24, 2.45) is 5.16 Å². The van der Waals surface area contributed by atoms with Gasteiger partial charge in [0.05, 0.1) is 0 Å². The molecule has 1 radical (unpaired) electrons. The lowest BCUT2D eigenvalue weighted by molar-refractivity contribution is 0.143. The predicted molar refractivity (Wildman–Crippen MR) is 58.6 cm³/mol. The summed E-state index contributed by atoms with van der Waals surface area (Å²) in [7, 11) is 0. The molecule has 0 fully saturated rings. The zero-order chi connectivity index (χ0) is 10.2. The summed E-state index contributed by atoms with van der Waals surface area (Å²) >= 11 is 0. The highest BCUT2D eigenvalue weighted by molar-refractivity contribution is 5.80. The molecule has 0 bridgehead atoms. The van der Waals surface area contributed by atoms with Crippen molar-refractivity contribution >= 4 is 6.21 Å². The van der Waals surface area contributed by atoms with Crippen molar-refractivity contribution in [3.05, 3.63) is 35.4 Å². The predicted octanol–water partition coefficient (Wildman–Crippen LogP) is 3.02. The minimum atomic E-state index is 0.676. The third-order valence-electron chi connectivity index (χ3n) is 1.96. The Morgan fingerprint density at radius 2 is 2.14 bits per heavy atom. The molecule has 75 valence electrons. The molecule has 0 saturated carbocycles. The molecule has 0 heterocycles. The van der Waals surface area contributed by atoms with Crippen molar-refractivity contribution in [2.45, 2.75) is 26.7 Å². The first-order chi connectivity index (χ1) is 6.84. The van der Waals surface area contributed by atoms with Gasteiger partial charge in [0.25, 0.3) is 0 Å². The molecule has 0 aliphatic carbocycles. The van der Waals surface area contributed by atoms with Crippen LogP contribution in [0, 0.1) is 6.92 Å². The highest BCUT2D eigenvalue weighted by Gasteiger charge is 1.92. The van der Waals surface area contributed by atoms with Gasteiger partial charge in [0, 0.05) is 5.56 Å². The van der Waals surface area contributed by atoms with Gasteiger partial charge >= 0.3 is 0 Å². The van der Waals surface area contributed by atoms with Crippen LogP contribution in [0.4, 0.5) is 0 Å². The molecule has 1 aromatic carbocycles. The van der Waals surface area contributed by atoms with E-state index in [4.69, 9.17) is 4.84 Å². The van der Waals surface area contributed by atoms with Gasteiger partial charge in [-0.3, -0.25) is 0 Å². The molecule has 0 saturated heterocycles. The number of aryl methyl sites for hydroxylation is 1. The summed E-state index contributed by atoms with van der Waals surface area (Å²) in [4.78, 5) is 5.05. The van der Waals surface area contributed by atoms with E-state index in [1.165, 1.54) is 0 Å². The van der Waals surface area contributed by atoms with Crippen LogP contribution in [0.3, 0.4) is 0 Å². The van der Waals surface area contributed by atoms with Crippen molar-refractivity contribution in [1.29, 1.82) is 0 Å². The summed E-state index contributed by atoms with van der Waals surface area (Å²) in [6, 6.07) is 7.97. The van der Waals surface area contributed by atoms with Crippen molar-refractivity contribution in [3.63, 3.8) is 0 Å². The number of unbranched alkanes of at least 4 members (excludes halogenated alkanes) is 1. The Balaban J connectivity index is 2.40. The Morgan fingerprint density at radius 3 is 2.86 bits per heavy atom. The zero-order valence-corrected chi connectivity index (χ0v) is 8.79. The Kier molecular flexibility index (Phi) is 4.76. The van der Waals surface area contributed by atoms with E-state index in [2.05, 4.69) is 18.3 Å². The molecule has 0 aromatic heterocycles. The Hall–Kier alpha value is -1.31. The maximum absolute atomic E-state index is 5.05. The van der Waals surface area contributed by atoms with E-state index in [0.29, 0.717) is 6.61 Å². The van der Waals surface area contributed by atoms with E-state index < -0.39 is 0 Å². The zero-order valence-electron chi connectivity index (χ0n) is 8.79. The maximum Gasteiger partial charge on any atom is 0.139 e. The van der Waals surface area contributed by atoms with Gasteiger partial charge in [0.15, 0.2) is 0 Å². The first kappa shape index (κ1) is 10.8. The minimum absolute atomic E-state index is 0.676. The van der Waals surface area contributed by atoms with Crippen molar-refractivity contribution in [3.8, 4) is 0 Å². The molecule has 2 nitrogen and oxygen atoms in total. The normalized spacial score (nSPS) is 10.7. The summed E-state index contributed by atoms with van der Waals surface area (Å²) in [6.07, 6.45) is 5.04. The molecule has 1 rings (SSSR count). The third-order valence-corrected chi connectivity index (χ3v) is 1.96. The molecule has 0 spiro atoms. The van der Waals surface area contributed by atoms with Crippen molar-refractivity contribution in [2.75, 3.05) is 6.61 Å². The number of benzene rings is 1. The molecule has 0 unspecified atom stereocenters. The lowest BCUT2D eigenvalue weighted by Crippen LogP contribution is -1.90. The monoisotopic (exact) mass is 190 g/mol. The Labute approximate surface area is 85.6 Å². The Morgan fingerprint density at radius 1 is 1.36 bits per heavy atom. The Bertz CT molecular complexity index is 294. The van der Waals surface area contributed by atoms with Crippen LogP contribution in [0.5, 0.6) is 0 Å². The second kappa shape index (κ2) is 6.19. The molecule has 0 aliphatic rings.